The summed E-state index contributed by atoms with van der Waals surface area (Å²) in [5.41, 5.74) is 3.77. The molecular formula is C29H29ClFN7O. The van der Waals surface area contributed by atoms with Gasteiger partial charge in [-0.3, -0.25) is 4.98 Å². The number of ether oxygens (including phenoxy) is 1. The third-order valence-corrected chi connectivity index (χ3v) is 7.64. The summed E-state index contributed by atoms with van der Waals surface area (Å²) in [5, 5.41) is 27.0. The lowest BCUT2D eigenvalue weighted by Gasteiger charge is -2.36. The zero-order valence-electron chi connectivity index (χ0n) is 21.8. The van der Waals surface area contributed by atoms with Gasteiger partial charge in [-0.05, 0) is 69.4 Å². The fourth-order valence-corrected chi connectivity index (χ4v) is 5.50. The van der Waals surface area contributed by atoms with E-state index in [4.69, 9.17) is 16.3 Å². The minimum absolute atomic E-state index is 0.131. The van der Waals surface area contributed by atoms with Crippen LogP contribution in [0.25, 0.3) is 10.9 Å². The zero-order chi connectivity index (χ0) is 27.1. The Morgan fingerprint density at radius 3 is 2.72 bits per heavy atom. The first-order valence-electron chi connectivity index (χ1n) is 13.2. The predicted molar refractivity (Wildman–Crippen MR) is 148 cm³/mol. The fraction of sp³-hybridized carbons (Fsp3) is 0.379. The molecule has 2 aliphatic rings. The van der Waals surface area contributed by atoms with E-state index in [-0.39, 0.29) is 17.5 Å². The van der Waals surface area contributed by atoms with Gasteiger partial charge in [-0.25, -0.2) is 9.07 Å². The number of nitrogens with zero attached hydrogens (tertiary/aromatic N) is 5. The first kappa shape index (κ1) is 25.5. The average molecular weight is 546 g/mol. The molecule has 2 atom stereocenters. The maximum absolute atomic E-state index is 13.8. The summed E-state index contributed by atoms with van der Waals surface area (Å²) in [6, 6.07) is 12.5. The maximum Gasteiger partial charge on any atom is 0.123 e. The number of hydrogen-bond acceptors (Lipinski definition) is 7. The largest absolute Gasteiger partial charge is 0.380 e. The second-order valence-corrected chi connectivity index (χ2v) is 11.3. The van der Waals surface area contributed by atoms with Crippen LogP contribution in [0.3, 0.4) is 0 Å². The van der Waals surface area contributed by atoms with E-state index in [0.29, 0.717) is 34.4 Å². The molecule has 3 heterocycles. The number of fused-ring (bicyclic) bond motifs is 1. The quantitative estimate of drug-likeness (QED) is 0.277. The number of anilines is 2. The number of nitrogens with one attached hydrogen (secondary N) is 2. The molecule has 0 amide bonds. The highest BCUT2D eigenvalue weighted by Crippen LogP contribution is 2.38. The Hall–Kier alpha value is -3.74. The molecule has 10 heteroatoms. The third kappa shape index (κ3) is 5.40. The maximum atomic E-state index is 13.8. The van der Waals surface area contributed by atoms with Gasteiger partial charge in [0.15, 0.2) is 0 Å². The summed E-state index contributed by atoms with van der Waals surface area (Å²) in [4.78, 5) is 4.50. The highest BCUT2D eigenvalue weighted by Gasteiger charge is 2.30. The van der Waals surface area contributed by atoms with Crippen LogP contribution in [-0.4, -0.2) is 38.2 Å². The zero-order valence-corrected chi connectivity index (χ0v) is 22.5. The number of halogens is 2. The van der Waals surface area contributed by atoms with Crippen LogP contribution < -0.4 is 10.6 Å². The molecule has 2 fully saturated rings. The average Bonchev–Trinajstić information content (AvgIpc) is 3.64. The normalized spacial score (nSPS) is 19.4. The van der Waals surface area contributed by atoms with Gasteiger partial charge in [0, 0.05) is 29.9 Å². The van der Waals surface area contributed by atoms with Crippen molar-refractivity contribution in [2.45, 2.75) is 63.3 Å². The topological polar surface area (TPSA) is 101 Å². The molecule has 1 aliphatic heterocycles. The third-order valence-electron chi connectivity index (χ3n) is 7.35. The van der Waals surface area contributed by atoms with Gasteiger partial charge >= 0.3 is 0 Å². The van der Waals surface area contributed by atoms with Gasteiger partial charge in [-0.15, -0.1) is 5.10 Å². The van der Waals surface area contributed by atoms with Crippen molar-refractivity contribution in [3.05, 3.63) is 76.5 Å². The van der Waals surface area contributed by atoms with E-state index < -0.39 is 6.04 Å². The minimum Gasteiger partial charge on any atom is -0.380 e. The highest BCUT2D eigenvalue weighted by molar-refractivity contribution is 6.35. The molecule has 1 saturated carbocycles. The van der Waals surface area contributed by atoms with Gasteiger partial charge in [0.1, 0.15) is 17.6 Å². The Bertz CT molecular complexity index is 1560. The lowest BCUT2D eigenvalue weighted by atomic mass is 9.93. The van der Waals surface area contributed by atoms with Crippen LogP contribution >= 0.6 is 11.6 Å². The standard InChI is InChI=1S/C29H29ClFN7O/c1-29(2)13-20(9-10-39-29)34-26-18(14-32)15-33-28-23(26)11-21(12-24(28)30)35-27(17-3-5-19(31)6-4-17)25-16-38(37-36-25)22-7-8-22/h3-6,11-12,15-16,20,22,27,35H,7-10,13H2,1-2H3,(H,33,34). The molecule has 1 saturated heterocycles. The summed E-state index contributed by atoms with van der Waals surface area (Å²) in [5.74, 6) is -0.310. The Morgan fingerprint density at radius 2 is 2.00 bits per heavy atom. The number of rotatable bonds is 7. The summed E-state index contributed by atoms with van der Waals surface area (Å²) in [7, 11) is 0. The van der Waals surface area contributed by atoms with Gasteiger partial charge in [-0.2, -0.15) is 5.26 Å². The SMILES string of the molecule is CC1(C)CC(Nc2c(C#N)cnc3c(Cl)cc(NC(c4ccc(F)cc4)c4cn(C5CC5)nn4)cc23)CCO1. The van der Waals surface area contributed by atoms with Crippen LogP contribution in [0.5, 0.6) is 0 Å². The number of aromatic nitrogens is 4. The van der Waals surface area contributed by atoms with Crippen LogP contribution in [0, 0.1) is 17.1 Å². The van der Waals surface area contributed by atoms with E-state index in [1.54, 1.807) is 18.3 Å². The van der Waals surface area contributed by atoms with Crippen molar-refractivity contribution in [3.63, 3.8) is 0 Å². The van der Waals surface area contributed by atoms with Gasteiger partial charge in [0.25, 0.3) is 0 Å². The predicted octanol–water partition coefficient (Wildman–Crippen LogP) is 6.40. The van der Waals surface area contributed by atoms with Crippen LogP contribution in [0.15, 0.2) is 48.8 Å². The van der Waals surface area contributed by atoms with Gasteiger partial charge < -0.3 is 15.4 Å². The molecule has 6 rings (SSSR count). The minimum atomic E-state index is -0.397. The Labute approximate surface area is 231 Å². The van der Waals surface area contributed by atoms with Crippen molar-refractivity contribution in [1.29, 1.82) is 5.26 Å². The van der Waals surface area contributed by atoms with Gasteiger partial charge in [-0.1, -0.05) is 28.9 Å². The number of benzene rings is 2. The van der Waals surface area contributed by atoms with Gasteiger partial charge in [0.2, 0.25) is 0 Å². The van der Waals surface area contributed by atoms with Crippen molar-refractivity contribution >= 4 is 33.9 Å². The molecule has 0 spiro atoms. The Balaban J connectivity index is 1.40. The van der Waals surface area contributed by atoms with Crippen molar-refractivity contribution < 1.29 is 9.13 Å². The van der Waals surface area contributed by atoms with Crippen molar-refractivity contribution in [2.24, 2.45) is 0 Å². The monoisotopic (exact) mass is 545 g/mol. The second kappa shape index (κ2) is 10.1. The summed E-state index contributed by atoms with van der Waals surface area (Å²) in [6.45, 7) is 4.79. The van der Waals surface area contributed by atoms with Gasteiger partial charge in [0.05, 0.1) is 45.7 Å². The molecule has 0 bridgehead atoms. The number of pyridine rings is 1. The van der Waals surface area contributed by atoms with Crippen molar-refractivity contribution in [2.75, 3.05) is 17.2 Å². The molecular weight excluding hydrogens is 517 g/mol. The molecule has 2 N–H and O–H groups in total. The summed E-state index contributed by atoms with van der Waals surface area (Å²) in [6.07, 6.45) is 7.31. The molecule has 4 aromatic rings. The lowest BCUT2D eigenvalue weighted by molar-refractivity contribution is -0.0553. The molecule has 200 valence electrons. The summed E-state index contributed by atoms with van der Waals surface area (Å²) < 4.78 is 21.5. The number of nitriles is 1. The smallest absolute Gasteiger partial charge is 0.123 e. The molecule has 8 nitrogen and oxygen atoms in total. The first-order valence-corrected chi connectivity index (χ1v) is 13.5. The van der Waals surface area contributed by atoms with Crippen molar-refractivity contribution in [1.82, 2.24) is 20.0 Å². The molecule has 0 radical (unpaired) electrons. The Morgan fingerprint density at radius 1 is 1.21 bits per heavy atom. The summed E-state index contributed by atoms with van der Waals surface area (Å²) >= 11 is 6.75. The van der Waals surface area contributed by atoms with Crippen LogP contribution in [0.4, 0.5) is 15.8 Å². The van der Waals surface area contributed by atoms with E-state index in [9.17, 15) is 9.65 Å². The number of hydrogen-bond donors (Lipinski definition) is 2. The lowest BCUT2D eigenvalue weighted by Crippen LogP contribution is -2.40. The van der Waals surface area contributed by atoms with E-state index >= 15 is 0 Å². The van der Waals surface area contributed by atoms with Crippen molar-refractivity contribution in [3.8, 4) is 6.07 Å². The van der Waals surface area contributed by atoms with E-state index in [2.05, 4.69) is 45.8 Å². The molecule has 2 unspecified atom stereocenters. The van der Waals surface area contributed by atoms with Crippen LogP contribution in [0.2, 0.25) is 5.02 Å². The fourth-order valence-electron chi connectivity index (χ4n) is 5.23. The highest BCUT2D eigenvalue weighted by atomic mass is 35.5. The van der Waals surface area contributed by atoms with E-state index in [1.807, 2.05) is 23.0 Å². The first-order chi connectivity index (χ1) is 18.8. The second-order valence-electron chi connectivity index (χ2n) is 10.9. The molecule has 2 aromatic carbocycles. The molecule has 39 heavy (non-hydrogen) atoms. The molecule has 1 aliphatic carbocycles. The van der Waals surface area contributed by atoms with Crippen LogP contribution in [0.1, 0.15) is 68.4 Å². The van der Waals surface area contributed by atoms with Crippen LogP contribution in [-0.2, 0) is 4.74 Å². The Kier molecular flexibility index (Phi) is 6.61. The van der Waals surface area contributed by atoms with E-state index in [0.717, 1.165) is 48.0 Å². The van der Waals surface area contributed by atoms with E-state index in [1.165, 1.54) is 12.1 Å². The molecule has 2 aromatic heterocycles.